The summed E-state index contributed by atoms with van der Waals surface area (Å²) in [7, 11) is -2.27. The van der Waals surface area contributed by atoms with Crippen molar-refractivity contribution in [3.63, 3.8) is 0 Å². The predicted octanol–water partition coefficient (Wildman–Crippen LogP) is 2.26. The van der Waals surface area contributed by atoms with Gasteiger partial charge in [-0.3, -0.25) is 14.0 Å². The minimum absolute atomic E-state index is 0.0184. The average molecular weight is 484 g/mol. The number of aromatic nitrogens is 7. The minimum atomic E-state index is -4.05. The topological polar surface area (TPSA) is 127 Å². The van der Waals surface area contributed by atoms with Crippen LogP contribution >= 0.6 is 0 Å². The number of hydrogen-bond acceptors (Lipinski definition) is 8. The standard InChI is InChI=1S/C22H25N7O4S/c1-4-29-14(2)17(11-25-29)19-26-18-20(27(19)3)23-13-24-21(18)34(31,32)16-5-8-28(12-16)22(30)15-6-9-33-10-7-15/h5,8,11-13,15H,4,6-7,9-10H2,1-3H3. The number of ether oxygens (including phenoxy) is 1. The fourth-order valence-electron chi connectivity index (χ4n) is 4.34. The summed E-state index contributed by atoms with van der Waals surface area (Å²) in [5.41, 5.74) is 2.28. The van der Waals surface area contributed by atoms with E-state index in [1.807, 2.05) is 18.5 Å². The number of hydrogen-bond donors (Lipinski definition) is 0. The Labute approximate surface area is 196 Å². The highest BCUT2D eigenvalue weighted by Crippen LogP contribution is 2.30. The second-order valence-electron chi connectivity index (χ2n) is 8.29. The van der Waals surface area contributed by atoms with Crippen LogP contribution in [0.2, 0.25) is 0 Å². The molecule has 0 atom stereocenters. The number of carbonyl (C=O) groups is 1. The van der Waals surface area contributed by atoms with E-state index in [1.165, 1.54) is 29.4 Å². The Kier molecular flexibility index (Phi) is 5.56. The maximum Gasteiger partial charge on any atom is 0.233 e. The van der Waals surface area contributed by atoms with Crippen LogP contribution < -0.4 is 0 Å². The van der Waals surface area contributed by atoms with Gasteiger partial charge >= 0.3 is 0 Å². The lowest BCUT2D eigenvalue weighted by Crippen LogP contribution is -2.27. The number of carbonyl (C=O) groups excluding carboxylic acids is 1. The van der Waals surface area contributed by atoms with Crippen molar-refractivity contribution in [2.75, 3.05) is 13.2 Å². The van der Waals surface area contributed by atoms with Gasteiger partial charge in [-0.05, 0) is 32.8 Å². The van der Waals surface area contributed by atoms with Crippen LogP contribution in [0.1, 0.15) is 30.3 Å². The lowest BCUT2D eigenvalue weighted by Gasteiger charge is -2.20. The Balaban J connectivity index is 1.56. The Hall–Kier alpha value is -3.38. The van der Waals surface area contributed by atoms with Crippen molar-refractivity contribution in [3.8, 4) is 11.4 Å². The highest BCUT2D eigenvalue weighted by molar-refractivity contribution is 7.91. The largest absolute Gasteiger partial charge is 0.381 e. The highest BCUT2D eigenvalue weighted by atomic mass is 32.2. The summed E-state index contributed by atoms with van der Waals surface area (Å²) in [6.07, 6.45) is 7.00. The molecule has 5 heterocycles. The van der Waals surface area contributed by atoms with E-state index in [0.717, 1.165) is 11.3 Å². The van der Waals surface area contributed by atoms with E-state index in [1.54, 1.807) is 17.8 Å². The van der Waals surface area contributed by atoms with Gasteiger partial charge in [-0.25, -0.2) is 23.4 Å². The first-order valence-corrected chi connectivity index (χ1v) is 12.6. The summed E-state index contributed by atoms with van der Waals surface area (Å²) in [5.74, 6) is 0.227. The van der Waals surface area contributed by atoms with E-state index < -0.39 is 9.84 Å². The summed E-state index contributed by atoms with van der Waals surface area (Å²) >= 11 is 0. The minimum Gasteiger partial charge on any atom is -0.381 e. The second-order valence-corrected chi connectivity index (χ2v) is 10.2. The van der Waals surface area contributed by atoms with Crippen molar-refractivity contribution in [2.45, 2.75) is 43.2 Å². The van der Waals surface area contributed by atoms with Gasteiger partial charge in [-0.2, -0.15) is 5.10 Å². The molecule has 4 aromatic rings. The molecule has 0 unspecified atom stereocenters. The molecule has 1 aliphatic heterocycles. The van der Waals surface area contributed by atoms with Crippen LogP contribution in [-0.2, 0) is 28.2 Å². The van der Waals surface area contributed by atoms with Crippen molar-refractivity contribution in [2.24, 2.45) is 13.0 Å². The van der Waals surface area contributed by atoms with E-state index in [4.69, 9.17) is 4.74 Å². The van der Waals surface area contributed by atoms with Crippen molar-refractivity contribution in [1.29, 1.82) is 0 Å². The lowest BCUT2D eigenvalue weighted by molar-refractivity contribution is 0.0486. The third-order valence-electron chi connectivity index (χ3n) is 6.32. The first kappa shape index (κ1) is 22.4. The zero-order valence-electron chi connectivity index (χ0n) is 19.2. The Bertz CT molecular complexity index is 1490. The van der Waals surface area contributed by atoms with Gasteiger partial charge in [0.05, 0.1) is 16.7 Å². The predicted molar refractivity (Wildman–Crippen MR) is 122 cm³/mol. The molecule has 0 saturated carbocycles. The second kappa shape index (κ2) is 8.44. The molecule has 1 saturated heterocycles. The maximum atomic E-state index is 13.5. The normalized spacial score (nSPS) is 15.3. The molecule has 12 heteroatoms. The SMILES string of the molecule is CCn1ncc(-c2nc3c(S(=O)(=O)c4ccn(C(=O)C5CCOCC5)c4)ncnc3n2C)c1C. The fraction of sp³-hybridized carbons (Fsp3) is 0.409. The van der Waals surface area contributed by atoms with Crippen LogP contribution in [-0.4, -0.2) is 61.4 Å². The molecular weight excluding hydrogens is 458 g/mol. The number of aryl methyl sites for hydroxylation is 2. The van der Waals surface area contributed by atoms with Crippen LogP contribution in [0.4, 0.5) is 0 Å². The smallest absolute Gasteiger partial charge is 0.233 e. The summed E-state index contributed by atoms with van der Waals surface area (Å²) in [6, 6.07) is 1.42. The molecule has 0 bridgehead atoms. The van der Waals surface area contributed by atoms with E-state index in [-0.39, 0.29) is 27.3 Å². The van der Waals surface area contributed by atoms with Crippen molar-refractivity contribution >= 4 is 26.9 Å². The molecule has 34 heavy (non-hydrogen) atoms. The van der Waals surface area contributed by atoms with Crippen molar-refractivity contribution in [1.82, 2.24) is 33.9 Å². The molecule has 5 rings (SSSR count). The molecule has 0 amide bonds. The first-order chi connectivity index (χ1) is 16.3. The van der Waals surface area contributed by atoms with Crippen LogP contribution in [0.3, 0.4) is 0 Å². The van der Waals surface area contributed by atoms with Gasteiger partial charge in [0.15, 0.2) is 10.7 Å². The molecule has 11 nitrogen and oxygen atoms in total. The van der Waals surface area contributed by atoms with Gasteiger partial charge in [0.2, 0.25) is 15.7 Å². The van der Waals surface area contributed by atoms with Gasteiger partial charge < -0.3 is 9.30 Å². The molecule has 1 fully saturated rings. The Morgan fingerprint density at radius 2 is 2.00 bits per heavy atom. The zero-order valence-corrected chi connectivity index (χ0v) is 20.0. The molecule has 0 radical (unpaired) electrons. The maximum absolute atomic E-state index is 13.5. The molecule has 0 spiro atoms. The summed E-state index contributed by atoms with van der Waals surface area (Å²) < 4.78 is 37.3. The quantitative estimate of drug-likeness (QED) is 0.396. The summed E-state index contributed by atoms with van der Waals surface area (Å²) in [4.78, 5) is 25.8. The lowest BCUT2D eigenvalue weighted by atomic mass is 9.99. The van der Waals surface area contributed by atoms with Gasteiger partial charge in [0.25, 0.3) is 0 Å². The Morgan fingerprint density at radius 1 is 1.24 bits per heavy atom. The average Bonchev–Trinajstić information content (AvgIpc) is 3.57. The third-order valence-corrected chi connectivity index (χ3v) is 7.99. The van der Waals surface area contributed by atoms with E-state index in [9.17, 15) is 13.2 Å². The molecule has 0 aromatic carbocycles. The van der Waals surface area contributed by atoms with Crippen LogP contribution in [0.25, 0.3) is 22.6 Å². The number of imidazole rings is 1. The number of rotatable bonds is 5. The highest BCUT2D eigenvalue weighted by Gasteiger charge is 2.29. The van der Waals surface area contributed by atoms with Crippen molar-refractivity contribution < 1.29 is 17.9 Å². The third kappa shape index (κ3) is 3.53. The molecule has 178 valence electrons. The molecule has 0 N–H and O–H groups in total. The molecule has 4 aromatic heterocycles. The van der Waals surface area contributed by atoms with E-state index in [0.29, 0.717) is 44.1 Å². The molecule has 1 aliphatic rings. The van der Waals surface area contributed by atoms with Gasteiger partial charge in [0, 0.05) is 50.8 Å². The number of sulfone groups is 1. The first-order valence-electron chi connectivity index (χ1n) is 11.1. The van der Waals surface area contributed by atoms with Gasteiger partial charge in [-0.1, -0.05) is 0 Å². The van der Waals surface area contributed by atoms with Crippen LogP contribution in [0.15, 0.2) is 40.9 Å². The van der Waals surface area contributed by atoms with Gasteiger partial charge in [0.1, 0.15) is 17.7 Å². The van der Waals surface area contributed by atoms with Crippen molar-refractivity contribution in [3.05, 3.63) is 36.7 Å². The Morgan fingerprint density at radius 3 is 2.71 bits per heavy atom. The zero-order chi connectivity index (χ0) is 24.0. The van der Waals surface area contributed by atoms with E-state index >= 15 is 0 Å². The van der Waals surface area contributed by atoms with E-state index in [2.05, 4.69) is 20.1 Å². The van der Waals surface area contributed by atoms with Crippen LogP contribution in [0.5, 0.6) is 0 Å². The number of fused-ring (bicyclic) bond motifs is 1. The molecule has 0 aliphatic carbocycles. The summed E-state index contributed by atoms with van der Waals surface area (Å²) in [6.45, 7) is 5.69. The molecular formula is C22H25N7O4S. The summed E-state index contributed by atoms with van der Waals surface area (Å²) in [5, 5.41) is 4.17. The monoisotopic (exact) mass is 483 g/mol. The van der Waals surface area contributed by atoms with Crippen LogP contribution in [0, 0.1) is 12.8 Å². The number of nitrogens with zero attached hydrogens (tertiary/aromatic N) is 7. The fourth-order valence-corrected chi connectivity index (χ4v) is 5.63. The van der Waals surface area contributed by atoms with Gasteiger partial charge in [-0.15, -0.1) is 0 Å².